The zero-order valence-corrected chi connectivity index (χ0v) is 11.6. The van der Waals surface area contributed by atoms with E-state index >= 15 is 0 Å². The van der Waals surface area contributed by atoms with Crippen LogP contribution in [0.25, 0.3) is 0 Å². The zero-order valence-electron chi connectivity index (χ0n) is 10.8. The first-order valence-corrected chi connectivity index (χ1v) is 6.42. The molecular formula is C13H13FN2O2S. The average Bonchev–Trinajstić information content (AvgIpc) is 2.73. The predicted octanol–water partition coefficient (Wildman–Crippen LogP) is 3.43. The van der Waals surface area contributed by atoms with Gasteiger partial charge >= 0.3 is 5.97 Å². The molecule has 1 heterocycles. The molecule has 0 aliphatic carbocycles. The summed E-state index contributed by atoms with van der Waals surface area (Å²) in [5.74, 6) is -0.688. The van der Waals surface area contributed by atoms with Crippen LogP contribution in [0, 0.1) is 19.7 Å². The van der Waals surface area contributed by atoms with Crippen LogP contribution >= 0.6 is 11.3 Å². The highest BCUT2D eigenvalue weighted by molar-refractivity contribution is 7.17. The number of rotatable bonds is 3. The minimum absolute atomic E-state index is 0.284. The van der Waals surface area contributed by atoms with Gasteiger partial charge in [0.2, 0.25) is 0 Å². The molecule has 0 aliphatic rings. The number of esters is 1. The van der Waals surface area contributed by atoms with Crippen LogP contribution in [0.4, 0.5) is 15.2 Å². The van der Waals surface area contributed by atoms with Crippen LogP contribution in [0.1, 0.15) is 20.9 Å². The van der Waals surface area contributed by atoms with Gasteiger partial charge in [-0.3, -0.25) is 0 Å². The van der Waals surface area contributed by atoms with Gasteiger partial charge in [-0.15, -0.1) is 0 Å². The Bertz CT molecular complexity index is 625. The van der Waals surface area contributed by atoms with Crippen molar-refractivity contribution in [3.05, 3.63) is 40.2 Å². The fraction of sp³-hybridized carbons (Fsp3) is 0.231. The van der Waals surface area contributed by atoms with Gasteiger partial charge in [-0.2, -0.15) is 0 Å². The van der Waals surface area contributed by atoms with Crippen molar-refractivity contribution in [2.45, 2.75) is 13.8 Å². The third kappa shape index (κ3) is 2.90. The molecule has 0 saturated heterocycles. The number of carbonyl (C=O) groups excluding carboxylic acids is 1. The Labute approximate surface area is 114 Å². The standard InChI is InChI=1S/C13H13FN2O2S/c1-7-6-9(14)4-5-10(7)16-13-15-8(2)11(19-13)12(17)18-3/h4-6H,1-3H3,(H,15,16). The van der Waals surface area contributed by atoms with Gasteiger partial charge in [0.25, 0.3) is 0 Å². The van der Waals surface area contributed by atoms with Gasteiger partial charge in [0.05, 0.1) is 12.8 Å². The SMILES string of the molecule is COC(=O)c1sc(Nc2ccc(F)cc2C)nc1C. The number of benzene rings is 1. The monoisotopic (exact) mass is 280 g/mol. The molecule has 0 bridgehead atoms. The van der Waals surface area contributed by atoms with E-state index in [2.05, 4.69) is 15.0 Å². The number of aromatic nitrogens is 1. The summed E-state index contributed by atoms with van der Waals surface area (Å²) < 4.78 is 17.7. The first-order chi connectivity index (χ1) is 9.01. The highest BCUT2D eigenvalue weighted by Gasteiger charge is 2.16. The van der Waals surface area contributed by atoms with E-state index in [9.17, 15) is 9.18 Å². The first kappa shape index (κ1) is 13.5. The molecule has 100 valence electrons. The zero-order chi connectivity index (χ0) is 14.0. The Balaban J connectivity index is 2.26. The number of nitrogens with zero attached hydrogens (tertiary/aromatic N) is 1. The van der Waals surface area contributed by atoms with Gasteiger partial charge in [-0.25, -0.2) is 14.2 Å². The number of methoxy groups -OCH3 is 1. The van der Waals surface area contributed by atoms with Gasteiger partial charge in [0.1, 0.15) is 10.7 Å². The maximum Gasteiger partial charge on any atom is 0.350 e. The van der Waals surface area contributed by atoms with Crippen molar-refractivity contribution in [3.8, 4) is 0 Å². The van der Waals surface area contributed by atoms with E-state index in [1.54, 1.807) is 19.9 Å². The molecule has 0 spiro atoms. The number of nitrogens with one attached hydrogen (secondary N) is 1. The Kier molecular flexibility index (Phi) is 3.80. The second-order valence-corrected chi connectivity index (χ2v) is 5.01. The van der Waals surface area contributed by atoms with Crippen molar-refractivity contribution in [2.24, 2.45) is 0 Å². The highest BCUT2D eigenvalue weighted by Crippen LogP contribution is 2.27. The van der Waals surface area contributed by atoms with E-state index < -0.39 is 5.97 Å². The normalized spacial score (nSPS) is 10.3. The predicted molar refractivity (Wildman–Crippen MR) is 72.6 cm³/mol. The van der Waals surface area contributed by atoms with Gasteiger partial charge in [-0.1, -0.05) is 11.3 Å². The van der Waals surface area contributed by atoms with E-state index in [1.165, 1.54) is 30.6 Å². The molecule has 1 N–H and O–H groups in total. The molecule has 0 atom stereocenters. The lowest BCUT2D eigenvalue weighted by molar-refractivity contribution is 0.0605. The Morgan fingerprint density at radius 3 is 2.79 bits per heavy atom. The first-order valence-electron chi connectivity index (χ1n) is 5.60. The summed E-state index contributed by atoms with van der Waals surface area (Å²) in [6, 6.07) is 4.44. The average molecular weight is 280 g/mol. The molecular weight excluding hydrogens is 267 g/mol. The lowest BCUT2D eigenvalue weighted by atomic mass is 10.2. The number of thiazole rings is 1. The van der Waals surface area contributed by atoms with Gasteiger partial charge in [0, 0.05) is 5.69 Å². The van der Waals surface area contributed by atoms with Crippen molar-refractivity contribution in [1.82, 2.24) is 4.98 Å². The number of aryl methyl sites for hydroxylation is 2. The van der Waals surface area contributed by atoms with Gasteiger partial charge < -0.3 is 10.1 Å². The summed E-state index contributed by atoms with van der Waals surface area (Å²) in [4.78, 5) is 16.2. The van der Waals surface area contributed by atoms with Crippen molar-refractivity contribution in [1.29, 1.82) is 0 Å². The molecule has 1 aromatic carbocycles. The lowest BCUT2D eigenvalue weighted by Crippen LogP contribution is -1.99. The molecule has 0 fully saturated rings. The number of ether oxygens (including phenoxy) is 1. The molecule has 0 aliphatic heterocycles. The van der Waals surface area contributed by atoms with Crippen molar-refractivity contribution in [3.63, 3.8) is 0 Å². The maximum absolute atomic E-state index is 13.0. The molecule has 4 nitrogen and oxygen atoms in total. The van der Waals surface area contributed by atoms with Crippen LogP contribution in [0.2, 0.25) is 0 Å². The Morgan fingerprint density at radius 1 is 1.42 bits per heavy atom. The fourth-order valence-corrected chi connectivity index (χ4v) is 2.51. The molecule has 0 saturated carbocycles. The van der Waals surface area contributed by atoms with Crippen LogP contribution in [0.15, 0.2) is 18.2 Å². The molecule has 0 unspecified atom stereocenters. The summed E-state index contributed by atoms with van der Waals surface area (Å²) in [5.41, 5.74) is 2.14. The molecule has 6 heteroatoms. The minimum atomic E-state index is -0.404. The third-order valence-electron chi connectivity index (χ3n) is 2.60. The molecule has 0 amide bonds. The van der Waals surface area contributed by atoms with Crippen molar-refractivity contribution >= 4 is 28.1 Å². The lowest BCUT2D eigenvalue weighted by Gasteiger charge is -2.06. The van der Waals surface area contributed by atoms with Gasteiger partial charge in [0.15, 0.2) is 5.13 Å². The summed E-state index contributed by atoms with van der Waals surface area (Å²) in [7, 11) is 1.33. The Morgan fingerprint density at radius 2 is 2.16 bits per heavy atom. The largest absolute Gasteiger partial charge is 0.465 e. The number of carbonyl (C=O) groups is 1. The van der Waals surface area contributed by atoms with Crippen molar-refractivity contribution in [2.75, 3.05) is 12.4 Å². The van der Waals surface area contributed by atoms with E-state index in [0.29, 0.717) is 15.7 Å². The van der Waals surface area contributed by atoms with E-state index in [1.807, 2.05) is 0 Å². The number of anilines is 2. The van der Waals surface area contributed by atoms with E-state index in [4.69, 9.17) is 0 Å². The second kappa shape index (κ2) is 5.36. The summed E-state index contributed by atoms with van der Waals surface area (Å²) >= 11 is 1.21. The van der Waals surface area contributed by atoms with Gasteiger partial charge in [-0.05, 0) is 37.6 Å². The quantitative estimate of drug-likeness (QED) is 0.875. The minimum Gasteiger partial charge on any atom is -0.465 e. The van der Waals surface area contributed by atoms with Crippen LogP contribution in [0.5, 0.6) is 0 Å². The summed E-state index contributed by atoms with van der Waals surface area (Å²) in [6.45, 7) is 3.54. The molecule has 1 aromatic heterocycles. The van der Waals surface area contributed by atoms with Crippen LogP contribution in [0.3, 0.4) is 0 Å². The van der Waals surface area contributed by atoms with E-state index in [-0.39, 0.29) is 5.82 Å². The summed E-state index contributed by atoms with van der Waals surface area (Å²) in [6.07, 6.45) is 0. The smallest absolute Gasteiger partial charge is 0.350 e. The number of halogens is 1. The fourth-order valence-electron chi connectivity index (χ4n) is 1.61. The molecule has 0 radical (unpaired) electrons. The second-order valence-electron chi connectivity index (χ2n) is 4.01. The van der Waals surface area contributed by atoms with Crippen molar-refractivity contribution < 1.29 is 13.9 Å². The van der Waals surface area contributed by atoms with Crippen LogP contribution < -0.4 is 5.32 Å². The van der Waals surface area contributed by atoms with Crippen LogP contribution in [-0.4, -0.2) is 18.1 Å². The third-order valence-corrected chi connectivity index (χ3v) is 3.65. The summed E-state index contributed by atoms with van der Waals surface area (Å²) in [5, 5.41) is 3.65. The molecule has 2 rings (SSSR count). The molecule has 2 aromatic rings. The Hall–Kier alpha value is -1.95. The number of hydrogen-bond acceptors (Lipinski definition) is 5. The molecule has 19 heavy (non-hydrogen) atoms. The maximum atomic E-state index is 13.0. The topological polar surface area (TPSA) is 51.2 Å². The highest BCUT2D eigenvalue weighted by atomic mass is 32.1. The number of hydrogen-bond donors (Lipinski definition) is 1. The van der Waals surface area contributed by atoms with E-state index in [0.717, 1.165) is 11.3 Å². The van der Waals surface area contributed by atoms with Crippen LogP contribution in [-0.2, 0) is 4.74 Å².